The van der Waals surface area contributed by atoms with Crippen LogP contribution in [0.5, 0.6) is 0 Å². The van der Waals surface area contributed by atoms with E-state index in [2.05, 4.69) is 27.0 Å². The number of carbonyl (C=O) groups is 2. The maximum absolute atomic E-state index is 12.5. The first-order valence-electron chi connectivity index (χ1n) is 8.00. The van der Waals surface area contributed by atoms with Gasteiger partial charge >= 0.3 is 0 Å². The minimum atomic E-state index is -0.564. The number of thiophene rings is 1. The molecule has 0 radical (unpaired) electrons. The molecule has 0 aromatic carbocycles. The van der Waals surface area contributed by atoms with E-state index in [0.717, 1.165) is 19.6 Å². The summed E-state index contributed by atoms with van der Waals surface area (Å²) >= 11 is 1.70. The lowest BCUT2D eigenvalue weighted by Gasteiger charge is -2.35. The van der Waals surface area contributed by atoms with Crippen LogP contribution < -0.4 is 5.32 Å². The van der Waals surface area contributed by atoms with Crippen molar-refractivity contribution >= 4 is 23.2 Å². The Morgan fingerprint density at radius 2 is 2.08 bits per heavy atom. The number of piperazine rings is 1. The Hall–Kier alpha value is -2.12. The van der Waals surface area contributed by atoms with E-state index in [0.29, 0.717) is 13.1 Å². The third kappa shape index (κ3) is 4.04. The molecule has 0 unspecified atom stereocenters. The molecule has 2 aromatic heterocycles. The fourth-order valence-electron chi connectivity index (χ4n) is 2.78. The van der Waals surface area contributed by atoms with Gasteiger partial charge in [-0.2, -0.15) is 11.3 Å². The largest absolute Gasteiger partial charge is 0.459 e. The van der Waals surface area contributed by atoms with Crippen LogP contribution in [-0.4, -0.2) is 53.8 Å². The molecule has 0 spiro atoms. The zero-order chi connectivity index (χ0) is 16.9. The van der Waals surface area contributed by atoms with Crippen LogP contribution in [-0.2, 0) is 11.3 Å². The van der Waals surface area contributed by atoms with Crippen molar-refractivity contribution in [2.45, 2.75) is 19.5 Å². The highest BCUT2D eigenvalue weighted by Gasteiger charge is 2.26. The maximum atomic E-state index is 12.5. The van der Waals surface area contributed by atoms with E-state index in [1.54, 1.807) is 30.4 Å². The zero-order valence-electron chi connectivity index (χ0n) is 13.6. The molecular weight excluding hydrogens is 326 g/mol. The van der Waals surface area contributed by atoms with E-state index in [1.807, 2.05) is 4.90 Å². The van der Waals surface area contributed by atoms with Crippen molar-refractivity contribution in [3.63, 3.8) is 0 Å². The van der Waals surface area contributed by atoms with Crippen molar-refractivity contribution in [2.75, 3.05) is 26.2 Å². The van der Waals surface area contributed by atoms with Crippen LogP contribution in [0.1, 0.15) is 23.0 Å². The molecule has 0 aliphatic carbocycles. The Bertz CT molecular complexity index is 661. The van der Waals surface area contributed by atoms with Crippen LogP contribution in [0.4, 0.5) is 0 Å². The van der Waals surface area contributed by atoms with Gasteiger partial charge in [-0.25, -0.2) is 0 Å². The third-order valence-electron chi connectivity index (χ3n) is 4.13. The summed E-state index contributed by atoms with van der Waals surface area (Å²) in [6, 6.07) is 4.80. The van der Waals surface area contributed by atoms with Gasteiger partial charge in [0, 0.05) is 32.7 Å². The molecule has 128 valence electrons. The Kier molecular flexibility index (Phi) is 5.32. The second-order valence-electron chi connectivity index (χ2n) is 5.91. The monoisotopic (exact) mass is 347 g/mol. The summed E-state index contributed by atoms with van der Waals surface area (Å²) < 4.78 is 5.04. The molecule has 3 rings (SSSR count). The first kappa shape index (κ1) is 16.7. The molecule has 1 fully saturated rings. The molecule has 2 amide bonds. The zero-order valence-corrected chi connectivity index (χ0v) is 14.4. The molecule has 2 aromatic rings. The average Bonchev–Trinajstić information content (AvgIpc) is 3.28. The fraction of sp³-hybridized carbons (Fsp3) is 0.412. The highest BCUT2D eigenvalue weighted by atomic mass is 32.1. The number of rotatable bonds is 5. The summed E-state index contributed by atoms with van der Waals surface area (Å²) in [5, 5.41) is 6.93. The molecule has 3 heterocycles. The third-order valence-corrected chi connectivity index (χ3v) is 4.87. The van der Waals surface area contributed by atoms with Gasteiger partial charge in [0.2, 0.25) is 5.91 Å². The van der Waals surface area contributed by atoms with E-state index in [-0.39, 0.29) is 17.6 Å². The normalized spacial score (nSPS) is 16.8. The number of nitrogens with zero attached hydrogens (tertiary/aromatic N) is 2. The van der Waals surface area contributed by atoms with Crippen molar-refractivity contribution in [1.29, 1.82) is 0 Å². The highest BCUT2D eigenvalue weighted by molar-refractivity contribution is 7.07. The summed E-state index contributed by atoms with van der Waals surface area (Å²) in [5.41, 5.74) is 1.32. The van der Waals surface area contributed by atoms with Gasteiger partial charge in [0.1, 0.15) is 6.04 Å². The van der Waals surface area contributed by atoms with Crippen LogP contribution in [0, 0.1) is 0 Å². The lowest BCUT2D eigenvalue weighted by molar-refractivity contribution is -0.134. The van der Waals surface area contributed by atoms with Crippen LogP contribution in [0.2, 0.25) is 0 Å². The molecule has 0 saturated carbocycles. The van der Waals surface area contributed by atoms with Crippen molar-refractivity contribution in [3.05, 3.63) is 46.5 Å². The van der Waals surface area contributed by atoms with Gasteiger partial charge in [-0.3, -0.25) is 14.5 Å². The summed E-state index contributed by atoms with van der Waals surface area (Å²) in [6.45, 7) is 5.70. The lowest BCUT2D eigenvalue weighted by Crippen LogP contribution is -2.53. The number of hydrogen-bond donors (Lipinski definition) is 1. The molecule has 7 heteroatoms. The Labute approximate surface area is 145 Å². The molecule has 1 atom stereocenters. The SMILES string of the molecule is C[C@@H](NC(=O)c1ccco1)C(=O)N1CCN(Cc2ccsc2)CC1. The summed E-state index contributed by atoms with van der Waals surface area (Å²) in [6.07, 6.45) is 1.44. The standard InChI is InChI=1S/C17H21N3O3S/c1-13(18-16(21)15-3-2-9-23-15)17(22)20-7-5-19(6-8-20)11-14-4-10-24-12-14/h2-4,9-10,12-13H,5-8,11H2,1H3,(H,18,21)/t13-/m1/s1. The predicted octanol–water partition coefficient (Wildman–Crippen LogP) is 1.80. The van der Waals surface area contributed by atoms with Gasteiger partial charge in [0.05, 0.1) is 6.26 Å². The van der Waals surface area contributed by atoms with E-state index < -0.39 is 6.04 Å². The second-order valence-corrected chi connectivity index (χ2v) is 6.69. The van der Waals surface area contributed by atoms with E-state index in [4.69, 9.17) is 4.42 Å². The summed E-state index contributed by atoms with van der Waals surface area (Å²) in [4.78, 5) is 28.6. The molecule has 24 heavy (non-hydrogen) atoms. The maximum Gasteiger partial charge on any atom is 0.287 e. The first-order chi connectivity index (χ1) is 11.6. The number of nitrogens with one attached hydrogen (secondary N) is 1. The van der Waals surface area contributed by atoms with E-state index >= 15 is 0 Å². The molecular formula is C17H21N3O3S. The van der Waals surface area contributed by atoms with Crippen molar-refractivity contribution < 1.29 is 14.0 Å². The Morgan fingerprint density at radius 3 is 2.71 bits per heavy atom. The summed E-state index contributed by atoms with van der Waals surface area (Å²) in [5.74, 6) is -0.197. The van der Waals surface area contributed by atoms with Crippen LogP contribution in [0.25, 0.3) is 0 Å². The lowest BCUT2D eigenvalue weighted by atomic mass is 10.2. The summed E-state index contributed by atoms with van der Waals surface area (Å²) in [7, 11) is 0. The van der Waals surface area contributed by atoms with Gasteiger partial charge in [-0.05, 0) is 41.4 Å². The molecule has 1 N–H and O–H groups in total. The predicted molar refractivity (Wildman–Crippen MR) is 91.8 cm³/mol. The fourth-order valence-corrected chi connectivity index (χ4v) is 3.44. The molecule has 6 nitrogen and oxygen atoms in total. The number of furan rings is 1. The molecule has 1 aliphatic rings. The van der Waals surface area contributed by atoms with Gasteiger partial charge in [0.25, 0.3) is 5.91 Å². The van der Waals surface area contributed by atoms with E-state index in [9.17, 15) is 9.59 Å². The van der Waals surface area contributed by atoms with Crippen LogP contribution in [0.15, 0.2) is 39.6 Å². The highest BCUT2D eigenvalue weighted by Crippen LogP contribution is 2.12. The van der Waals surface area contributed by atoms with Crippen molar-refractivity contribution in [3.8, 4) is 0 Å². The Morgan fingerprint density at radius 1 is 1.29 bits per heavy atom. The van der Waals surface area contributed by atoms with Crippen molar-refractivity contribution in [2.24, 2.45) is 0 Å². The van der Waals surface area contributed by atoms with Crippen LogP contribution >= 0.6 is 11.3 Å². The minimum absolute atomic E-state index is 0.0508. The molecule has 1 saturated heterocycles. The molecule has 1 aliphatic heterocycles. The topological polar surface area (TPSA) is 65.8 Å². The smallest absolute Gasteiger partial charge is 0.287 e. The number of carbonyl (C=O) groups excluding carboxylic acids is 2. The first-order valence-corrected chi connectivity index (χ1v) is 8.94. The molecule has 0 bridgehead atoms. The Balaban J connectivity index is 1.46. The van der Waals surface area contributed by atoms with Crippen molar-refractivity contribution in [1.82, 2.24) is 15.1 Å². The van der Waals surface area contributed by atoms with Gasteiger partial charge in [-0.15, -0.1) is 0 Å². The second kappa shape index (κ2) is 7.63. The van der Waals surface area contributed by atoms with Gasteiger partial charge < -0.3 is 14.6 Å². The van der Waals surface area contributed by atoms with Gasteiger partial charge in [-0.1, -0.05) is 0 Å². The van der Waals surface area contributed by atoms with E-state index in [1.165, 1.54) is 11.8 Å². The quantitative estimate of drug-likeness (QED) is 0.896. The minimum Gasteiger partial charge on any atom is -0.459 e. The number of amides is 2. The average molecular weight is 347 g/mol. The van der Waals surface area contributed by atoms with Crippen LogP contribution in [0.3, 0.4) is 0 Å². The number of hydrogen-bond acceptors (Lipinski definition) is 5. The van der Waals surface area contributed by atoms with Gasteiger partial charge in [0.15, 0.2) is 5.76 Å².